The Bertz CT molecular complexity index is 731. The molecule has 120 valence electrons. The smallest absolute Gasteiger partial charge is 0.204 e. The van der Waals surface area contributed by atoms with Crippen molar-refractivity contribution in [3.8, 4) is 0 Å². The number of para-hydroxylation sites is 1. The third-order valence-corrected chi connectivity index (χ3v) is 4.36. The number of unbranched alkanes of at least 4 members (excludes halogenated alkanes) is 3. The molecule has 0 N–H and O–H groups in total. The molecule has 1 aromatic heterocycles. The fourth-order valence-corrected chi connectivity index (χ4v) is 3.06. The lowest BCUT2D eigenvalue weighted by molar-refractivity contribution is -0.523. The van der Waals surface area contributed by atoms with E-state index in [2.05, 4.69) is 17.0 Å². The highest BCUT2D eigenvalue weighted by molar-refractivity contribution is 5.96. The molecule has 0 saturated carbocycles. The molecule has 4 nitrogen and oxygen atoms in total. The molecule has 1 atom stereocenters. The average Bonchev–Trinajstić information content (AvgIpc) is 2.91. The van der Waals surface area contributed by atoms with Gasteiger partial charge in [0.1, 0.15) is 0 Å². The molecule has 0 unspecified atom stereocenters. The normalized spacial score (nSPS) is 19.4. The molecule has 2 aromatic rings. The second-order valence-electron chi connectivity index (χ2n) is 6.15. The molecular weight excluding hydrogens is 286 g/mol. The Hall–Kier alpha value is -2.23. The standard InChI is InChI=1S/C19H23N3O/c1-2-3-4-5-8-16-14-22(21-19(16)23)13-15-11-12-20-18-10-7-6-9-17(15)18/h6-7,9-13,16H,2-5,8,14H2,1H3/t16-/m0/s1. The van der Waals surface area contributed by atoms with Gasteiger partial charge in [-0.1, -0.05) is 55.5 Å². The summed E-state index contributed by atoms with van der Waals surface area (Å²) in [5.41, 5.74) is 2.02. The number of benzene rings is 1. The van der Waals surface area contributed by atoms with Crippen LogP contribution in [-0.2, 0) is 0 Å². The lowest BCUT2D eigenvalue weighted by Crippen LogP contribution is -2.26. The number of rotatable bonds is 6. The molecule has 0 radical (unpaired) electrons. The first-order valence-electron chi connectivity index (χ1n) is 8.48. The van der Waals surface area contributed by atoms with Gasteiger partial charge in [0.05, 0.1) is 17.0 Å². The van der Waals surface area contributed by atoms with Gasteiger partial charge in [-0.25, -0.2) is 0 Å². The van der Waals surface area contributed by atoms with Gasteiger partial charge in [-0.3, -0.25) is 4.98 Å². The predicted octanol–water partition coefficient (Wildman–Crippen LogP) is 2.94. The molecule has 3 rings (SSSR count). The van der Waals surface area contributed by atoms with Crippen molar-refractivity contribution in [2.45, 2.75) is 39.0 Å². The van der Waals surface area contributed by atoms with E-state index in [4.69, 9.17) is 0 Å². The molecule has 0 aliphatic carbocycles. The number of nitrogens with zero attached hydrogens (tertiary/aromatic N) is 3. The van der Waals surface area contributed by atoms with E-state index in [1.165, 1.54) is 19.3 Å². The maximum Gasteiger partial charge on any atom is 0.204 e. The minimum absolute atomic E-state index is 0.0242. The summed E-state index contributed by atoms with van der Waals surface area (Å²) in [5, 5.41) is 17.3. The quantitative estimate of drug-likeness (QED) is 0.608. The summed E-state index contributed by atoms with van der Waals surface area (Å²) >= 11 is 0. The van der Waals surface area contributed by atoms with Crippen molar-refractivity contribution in [1.82, 2.24) is 4.98 Å². The summed E-state index contributed by atoms with van der Waals surface area (Å²) in [7, 11) is 0. The van der Waals surface area contributed by atoms with Crippen molar-refractivity contribution in [3.63, 3.8) is 0 Å². The van der Waals surface area contributed by atoms with Crippen LogP contribution in [-0.4, -0.2) is 28.3 Å². The number of hydrazone groups is 1. The number of hydrogen-bond acceptors (Lipinski definition) is 3. The van der Waals surface area contributed by atoms with Gasteiger partial charge in [-0.15, -0.1) is 0 Å². The maximum atomic E-state index is 12.1. The lowest BCUT2D eigenvalue weighted by atomic mass is 10.0. The number of hydrogen-bond donors (Lipinski definition) is 0. The van der Waals surface area contributed by atoms with Crippen LogP contribution >= 0.6 is 0 Å². The second kappa shape index (κ2) is 7.36. The van der Waals surface area contributed by atoms with Crippen LogP contribution in [0.4, 0.5) is 0 Å². The molecule has 2 heterocycles. The van der Waals surface area contributed by atoms with E-state index in [1.54, 1.807) is 10.9 Å². The van der Waals surface area contributed by atoms with E-state index in [-0.39, 0.29) is 11.8 Å². The zero-order chi connectivity index (χ0) is 16.1. The van der Waals surface area contributed by atoms with Gasteiger partial charge in [-0.05, 0) is 23.7 Å². The number of aromatic nitrogens is 1. The fraction of sp³-hybridized carbons (Fsp3) is 0.421. The van der Waals surface area contributed by atoms with Gasteiger partial charge in [-0.2, -0.15) is 0 Å². The predicted molar refractivity (Wildman–Crippen MR) is 91.7 cm³/mol. The number of pyridine rings is 1. The molecule has 0 bridgehead atoms. The van der Waals surface area contributed by atoms with Crippen LogP contribution in [0, 0.1) is 5.92 Å². The number of fused-ring (bicyclic) bond motifs is 1. The van der Waals surface area contributed by atoms with Crippen LogP contribution in [0.5, 0.6) is 0 Å². The minimum Gasteiger partial charge on any atom is -0.857 e. The maximum absolute atomic E-state index is 12.1. The summed E-state index contributed by atoms with van der Waals surface area (Å²) in [5.74, 6) is 0.0762. The molecule has 0 amide bonds. The van der Waals surface area contributed by atoms with Crippen LogP contribution < -0.4 is 5.11 Å². The molecule has 1 aliphatic rings. The molecule has 23 heavy (non-hydrogen) atoms. The van der Waals surface area contributed by atoms with E-state index in [1.807, 2.05) is 36.5 Å². The Kier molecular flexibility index (Phi) is 5.01. The third-order valence-electron chi connectivity index (χ3n) is 4.36. The highest BCUT2D eigenvalue weighted by Gasteiger charge is 2.24. The van der Waals surface area contributed by atoms with Crippen molar-refractivity contribution in [2.24, 2.45) is 11.0 Å². The van der Waals surface area contributed by atoms with E-state index in [9.17, 15) is 5.11 Å². The zero-order valence-corrected chi connectivity index (χ0v) is 13.6. The summed E-state index contributed by atoms with van der Waals surface area (Å²) in [4.78, 5) is 4.37. The lowest BCUT2D eigenvalue weighted by Gasteiger charge is -2.10. The second-order valence-corrected chi connectivity index (χ2v) is 6.15. The Labute approximate surface area is 137 Å². The summed E-state index contributed by atoms with van der Waals surface area (Å²) in [6, 6.07) is 10.0. The van der Waals surface area contributed by atoms with Gasteiger partial charge < -0.3 is 5.11 Å². The minimum atomic E-state index is 0.0242. The van der Waals surface area contributed by atoms with Crippen molar-refractivity contribution in [2.75, 3.05) is 6.54 Å². The highest BCUT2D eigenvalue weighted by atomic mass is 16.3. The monoisotopic (exact) mass is 309 g/mol. The SMILES string of the molecule is CCCCCC[C@H]1C/[N+](=C/c2ccnc3ccccc23)N=C1[O-]. The molecule has 1 aliphatic heterocycles. The van der Waals surface area contributed by atoms with E-state index in [0.717, 1.165) is 29.3 Å². The van der Waals surface area contributed by atoms with Gasteiger partial charge in [0.25, 0.3) is 0 Å². The van der Waals surface area contributed by atoms with Crippen LogP contribution in [0.25, 0.3) is 10.9 Å². The van der Waals surface area contributed by atoms with E-state index in [0.29, 0.717) is 6.54 Å². The molecule has 0 spiro atoms. The first-order chi connectivity index (χ1) is 11.3. The van der Waals surface area contributed by atoms with Crippen LogP contribution in [0.1, 0.15) is 44.6 Å². The Morgan fingerprint density at radius 3 is 2.96 bits per heavy atom. The van der Waals surface area contributed by atoms with Gasteiger partial charge in [0, 0.05) is 17.5 Å². The summed E-state index contributed by atoms with van der Waals surface area (Å²) in [6.45, 7) is 2.90. The van der Waals surface area contributed by atoms with Gasteiger partial charge >= 0.3 is 0 Å². The first kappa shape index (κ1) is 15.7. The third kappa shape index (κ3) is 3.76. The summed E-state index contributed by atoms with van der Waals surface area (Å²) in [6.07, 6.45) is 9.51. The van der Waals surface area contributed by atoms with Crippen molar-refractivity contribution in [1.29, 1.82) is 0 Å². The van der Waals surface area contributed by atoms with Gasteiger partial charge in [0.15, 0.2) is 6.54 Å². The fourth-order valence-electron chi connectivity index (χ4n) is 3.06. The first-order valence-corrected chi connectivity index (χ1v) is 8.48. The molecule has 0 fully saturated rings. The van der Waals surface area contributed by atoms with E-state index < -0.39 is 0 Å². The Morgan fingerprint density at radius 2 is 2.09 bits per heavy atom. The Morgan fingerprint density at radius 1 is 1.22 bits per heavy atom. The molecule has 1 aromatic carbocycles. The summed E-state index contributed by atoms with van der Waals surface area (Å²) < 4.78 is 1.80. The van der Waals surface area contributed by atoms with Crippen molar-refractivity contribution in [3.05, 3.63) is 42.1 Å². The highest BCUT2D eigenvalue weighted by Crippen LogP contribution is 2.18. The van der Waals surface area contributed by atoms with Crippen molar-refractivity contribution < 1.29 is 9.79 Å². The molecule has 0 saturated heterocycles. The van der Waals surface area contributed by atoms with E-state index >= 15 is 0 Å². The Balaban J connectivity index is 1.73. The molecular formula is C19H23N3O. The van der Waals surface area contributed by atoms with Crippen LogP contribution in [0.3, 0.4) is 0 Å². The van der Waals surface area contributed by atoms with Gasteiger partial charge in [0.2, 0.25) is 6.21 Å². The zero-order valence-electron chi connectivity index (χ0n) is 13.6. The van der Waals surface area contributed by atoms with Crippen LogP contribution in [0.2, 0.25) is 0 Å². The largest absolute Gasteiger partial charge is 0.857 e. The molecule has 4 heteroatoms. The topological polar surface area (TPSA) is 51.3 Å². The average molecular weight is 309 g/mol. The van der Waals surface area contributed by atoms with Crippen molar-refractivity contribution >= 4 is 23.0 Å². The van der Waals surface area contributed by atoms with Crippen LogP contribution in [0.15, 0.2) is 41.6 Å².